The fourth-order valence-electron chi connectivity index (χ4n) is 2.30. The van der Waals surface area contributed by atoms with E-state index >= 15 is 0 Å². The molecule has 1 saturated heterocycles. The predicted molar refractivity (Wildman–Crippen MR) is 74.2 cm³/mol. The van der Waals surface area contributed by atoms with Crippen LogP contribution in [-0.4, -0.2) is 35.8 Å². The number of aryl methyl sites for hydroxylation is 1. The van der Waals surface area contributed by atoms with Crippen LogP contribution in [0.1, 0.15) is 11.8 Å². The van der Waals surface area contributed by atoms with Gasteiger partial charge in [0.15, 0.2) is 0 Å². The number of hydrogen-bond donors (Lipinski definition) is 1. The number of ether oxygens (including phenoxy) is 1. The lowest BCUT2D eigenvalue weighted by molar-refractivity contribution is 0.0987. The van der Waals surface area contributed by atoms with Crippen molar-refractivity contribution >= 4 is 33.3 Å². The third-order valence-electron chi connectivity index (χ3n) is 3.15. The molecule has 96 valence electrons. The molecule has 6 heteroatoms. The van der Waals surface area contributed by atoms with Gasteiger partial charge in [0.05, 0.1) is 24.6 Å². The maximum absolute atomic E-state index is 5.81. The van der Waals surface area contributed by atoms with Crippen LogP contribution in [0.2, 0.25) is 0 Å². The fourth-order valence-corrected chi connectivity index (χ4v) is 3.18. The van der Waals surface area contributed by atoms with Gasteiger partial charge in [0.1, 0.15) is 10.6 Å². The first-order chi connectivity index (χ1) is 8.65. The normalized spacial score (nSPS) is 20.6. The quantitative estimate of drug-likeness (QED) is 0.851. The van der Waals surface area contributed by atoms with Crippen molar-refractivity contribution in [3.8, 4) is 0 Å². The molecule has 0 spiro atoms. The Kier molecular flexibility index (Phi) is 2.83. The summed E-state index contributed by atoms with van der Waals surface area (Å²) in [5.74, 6) is 1.29. The molecule has 1 fully saturated rings. The average Bonchev–Trinajstić information content (AvgIpc) is 2.69. The number of hydrogen-bond acceptors (Lipinski definition) is 6. The number of anilines is 2. The van der Waals surface area contributed by atoms with Crippen LogP contribution < -0.4 is 10.6 Å². The van der Waals surface area contributed by atoms with Crippen molar-refractivity contribution in [3.05, 3.63) is 10.9 Å². The smallest absolute Gasteiger partial charge is 0.223 e. The summed E-state index contributed by atoms with van der Waals surface area (Å²) in [6.45, 7) is 6.53. The minimum atomic E-state index is 0.316. The maximum atomic E-state index is 5.81. The van der Waals surface area contributed by atoms with Gasteiger partial charge in [-0.1, -0.05) is 0 Å². The Hall–Kier alpha value is -1.40. The minimum absolute atomic E-state index is 0.316. The first-order valence-electron chi connectivity index (χ1n) is 6.03. The summed E-state index contributed by atoms with van der Waals surface area (Å²) in [6.07, 6.45) is 0. The average molecular weight is 264 g/mol. The molecule has 0 bridgehead atoms. The molecule has 1 aliphatic rings. The molecule has 18 heavy (non-hydrogen) atoms. The highest BCUT2D eigenvalue weighted by Crippen LogP contribution is 2.32. The molecule has 2 aromatic rings. The molecule has 0 amide bonds. The van der Waals surface area contributed by atoms with E-state index in [-0.39, 0.29) is 0 Å². The van der Waals surface area contributed by atoms with E-state index in [1.807, 2.05) is 0 Å². The Labute approximate surface area is 110 Å². The van der Waals surface area contributed by atoms with Crippen LogP contribution in [0.25, 0.3) is 10.2 Å². The van der Waals surface area contributed by atoms with Crippen molar-refractivity contribution in [1.29, 1.82) is 0 Å². The van der Waals surface area contributed by atoms with Gasteiger partial charge in [-0.15, -0.1) is 11.3 Å². The summed E-state index contributed by atoms with van der Waals surface area (Å²) in [4.78, 5) is 13.2. The van der Waals surface area contributed by atoms with E-state index in [0.29, 0.717) is 12.0 Å². The van der Waals surface area contributed by atoms with Gasteiger partial charge >= 0.3 is 0 Å². The first kappa shape index (κ1) is 11.7. The number of thiophene rings is 1. The molecule has 1 unspecified atom stereocenters. The molecule has 1 aliphatic heterocycles. The van der Waals surface area contributed by atoms with E-state index in [1.165, 1.54) is 4.88 Å². The highest BCUT2D eigenvalue weighted by atomic mass is 32.1. The van der Waals surface area contributed by atoms with Crippen LogP contribution in [0.15, 0.2) is 6.07 Å². The Bertz CT molecular complexity index is 583. The Morgan fingerprint density at radius 1 is 1.50 bits per heavy atom. The van der Waals surface area contributed by atoms with Crippen LogP contribution in [0, 0.1) is 6.92 Å². The zero-order chi connectivity index (χ0) is 12.7. The highest BCUT2D eigenvalue weighted by Gasteiger charge is 2.23. The zero-order valence-electron chi connectivity index (χ0n) is 10.5. The van der Waals surface area contributed by atoms with E-state index in [1.54, 1.807) is 11.3 Å². The third-order valence-corrected chi connectivity index (χ3v) is 4.10. The van der Waals surface area contributed by atoms with Crippen LogP contribution >= 0.6 is 11.3 Å². The van der Waals surface area contributed by atoms with Crippen LogP contribution in [0.5, 0.6) is 0 Å². The number of fused-ring (bicyclic) bond motifs is 1. The molecule has 2 N–H and O–H groups in total. The van der Waals surface area contributed by atoms with Gasteiger partial charge in [-0.25, -0.2) is 4.98 Å². The van der Waals surface area contributed by atoms with Gasteiger partial charge < -0.3 is 15.4 Å². The van der Waals surface area contributed by atoms with Crippen molar-refractivity contribution < 1.29 is 4.74 Å². The number of nitrogen functional groups attached to an aromatic ring is 1. The van der Waals surface area contributed by atoms with Crippen molar-refractivity contribution in [2.24, 2.45) is 0 Å². The molecule has 2 aromatic heterocycles. The van der Waals surface area contributed by atoms with Gasteiger partial charge in [0, 0.05) is 11.4 Å². The molecular weight excluding hydrogens is 248 g/mol. The van der Waals surface area contributed by atoms with E-state index in [0.717, 1.165) is 35.8 Å². The lowest BCUT2D eigenvalue weighted by Crippen LogP contribution is -2.44. The standard InChI is InChI=1S/C12H16N4OS/c1-7-6-17-4-3-16(7)10-9-5-8(2)18-11(9)15-12(13)14-10/h5,7H,3-4,6H2,1-2H3,(H2,13,14,15). The Morgan fingerprint density at radius 2 is 2.33 bits per heavy atom. The maximum Gasteiger partial charge on any atom is 0.223 e. The topological polar surface area (TPSA) is 64.3 Å². The van der Waals surface area contributed by atoms with Crippen molar-refractivity contribution in [2.45, 2.75) is 19.9 Å². The summed E-state index contributed by atoms with van der Waals surface area (Å²) >= 11 is 1.66. The van der Waals surface area contributed by atoms with Crippen LogP contribution in [-0.2, 0) is 4.74 Å². The lowest BCUT2D eigenvalue weighted by Gasteiger charge is -2.34. The minimum Gasteiger partial charge on any atom is -0.377 e. The highest BCUT2D eigenvalue weighted by molar-refractivity contribution is 7.18. The molecule has 0 aromatic carbocycles. The second-order valence-electron chi connectivity index (χ2n) is 4.60. The third kappa shape index (κ3) is 1.91. The van der Waals surface area contributed by atoms with Gasteiger partial charge in [0.2, 0.25) is 5.95 Å². The molecule has 1 atom stereocenters. The number of nitrogens with two attached hydrogens (primary N) is 1. The SMILES string of the molecule is Cc1cc2c(N3CCOCC3C)nc(N)nc2s1. The van der Waals surface area contributed by atoms with E-state index in [2.05, 4.69) is 34.8 Å². The second-order valence-corrected chi connectivity index (χ2v) is 5.83. The largest absolute Gasteiger partial charge is 0.377 e. The summed E-state index contributed by atoms with van der Waals surface area (Å²) in [5.41, 5.74) is 5.81. The molecule has 0 radical (unpaired) electrons. The monoisotopic (exact) mass is 264 g/mol. The lowest BCUT2D eigenvalue weighted by atomic mass is 10.2. The first-order valence-corrected chi connectivity index (χ1v) is 6.85. The van der Waals surface area contributed by atoms with E-state index in [9.17, 15) is 0 Å². The second kappa shape index (κ2) is 4.37. The predicted octanol–water partition coefficient (Wildman–Crippen LogP) is 1.81. The summed E-state index contributed by atoms with van der Waals surface area (Å²) in [5, 5.41) is 1.10. The van der Waals surface area contributed by atoms with Crippen molar-refractivity contribution in [3.63, 3.8) is 0 Å². The molecule has 0 aliphatic carbocycles. The molecule has 0 saturated carbocycles. The van der Waals surface area contributed by atoms with Gasteiger partial charge in [-0.3, -0.25) is 0 Å². The van der Waals surface area contributed by atoms with Crippen LogP contribution in [0.4, 0.5) is 11.8 Å². The van der Waals surface area contributed by atoms with Crippen LogP contribution in [0.3, 0.4) is 0 Å². The molecule has 3 heterocycles. The van der Waals surface area contributed by atoms with E-state index in [4.69, 9.17) is 10.5 Å². The number of aromatic nitrogens is 2. The van der Waals surface area contributed by atoms with Gasteiger partial charge in [-0.05, 0) is 19.9 Å². The van der Waals surface area contributed by atoms with Crippen molar-refractivity contribution in [1.82, 2.24) is 9.97 Å². The zero-order valence-corrected chi connectivity index (χ0v) is 11.3. The number of morpholine rings is 1. The molecular formula is C12H16N4OS. The summed E-state index contributed by atoms with van der Waals surface area (Å²) < 4.78 is 5.47. The number of rotatable bonds is 1. The van der Waals surface area contributed by atoms with Gasteiger partial charge in [0.25, 0.3) is 0 Å². The molecule has 5 nitrogen and oxygen atoms in total. The summed E-state index contributed by atoms with van der Waals surface area (Å²) in [7, 11) is 0. The van der Waals surface area contributed by atoms with Crippen molar-refractivity contribution in [2.75, 3.05) is 30.4 Å². The van der Waals surface area contributed by atoms with Gasteiger partial charge in [-0.2, -0.15) is 4.98 Å². The number of nitrogens with zero attached hydrogens (tertiary/aromatic N) is 3. The Morgan fingerprint density at radius 3 is 3.11 bits per heavy atom. The fraction of sp³-hybridized carbons (Fsp3) is 0.500. The summed E-state index contributed by atoms with van der Waals surface area (Å²) in [6, 6.07) is 2.45. The van der Waals surface area contributed by atoms with E-state index < -0.39 is 0 Å². The Balaban J connectivity index is 2.14. The molecule has 3 rings (SSSR count).